The average molecular weight is 224 g/mol. The summed E-state index contributed by atoms with van der Waals surface area (Å²) in [4.78, 5) is 5.36. The van der Waals surface area contributed by atoms with Crippen LogP contribution in [0, 0.1) is 0 Å². The molecule has 3 aliphatic rings. The van der Waals surface area contributed by atoms with Gasteiger partial charge in [-0.15, -0.1) is 0 Å². The molecule has 4 unspecified atom stereocenters. The van der Waals surface area contributed by atoms with E-state index in [1.807, 2.05) is 0 Å². The maximum atomic E-state index is 9.67. The van der Waals surface area contributed by atoms with Crippen molar-refractivity contribution in [2.75, 3.05) is 19.6 Å². The van der Waals surface area contributed by atoms with Crippen molar-refractivity contribution in [3.05, 3.63) is 0 Å². The van der Waals surface area contributed by atoms with Crippen molar-refractivity contribution in [1.82, 2.24) is 9.80 Å². The molecule has 1 aliphatic carbocycles. The van der Waals surface area contributed by atoms with Gasteiger partial charge in [0, 0.05) is 31.2 Å². The van der Waals surface area contributed by atoms with Crippen molar-refractivity contribution < 1.29 is 5.11 Å². The van der Waals surface area contributed by atoms with Crippen molar-refractivity contribution >= 4 is 0 Å². The normalized spacial score (nSPS) is 46.1. The number of piperazine rings is 1. The molecule has 0 amide bonds. The van der Waals surface area contributed by atoms with Gasteiger partial charge in [-0.1, -0.05) is 0 Å². The molecule has 2 aliphatic heterocycles. The standard InChI is InChI=1S/C13H24N2O/c1-10-8-14-6-2-3-12(14)9-15(10)11-4-5-13(16)7-11/h10-13,16H,2-9H2,1H3. The Kier molecular flexibility index (Phi) is 2.94. The summed E-state index contributed by atoms with van der Waals surface area (Å²) < 4.78 is 0. The highest BCUT2D eigenvalue weighted by molar-refractivity contribution is 4.95. The van der Waals surface area contributed by atoms with Crippen LogP contribution in [0.5, 0.6) is 0 Å². The molecule has 2 heterocycles. The zero-order chi connectivity index (χ0) is 11.1. The first-order valence-electron chi connectivity index (χ1n) is 6.92. The summed E-state index contributed by atoms with van der Waals surface area (Å²) in [5.74, 6) is 0. The number of fused-ring (bicyclic) bond motifs is 1. The van der Waals surface area contributed by atoms with Crippen LogP contribution >= 0.6 is 0 Å². The average Bonchev–Trinajstić information content (AvgIpc) is 2.84. The van der Waals surface area contributed by atoms with Crippen molar-refractivity contribution in [3.8, 4) is 0 Å². The van der Waals surface area contributed by atoms with E-state index in [2.05, 4.69) is 16.7 Å². The molecule has 4 atom stereocenters. The van der Waals surface area contributed by atoms with Gasteiger partial charge in [0.15, 0.2) is 0 Å². The van der Waals surface area contributed by atoms with Gasteiger partial charge in [-0.3, -0.25) is 9.80 Å². The Morgan fingerprint density at radius 3 is 2.69 bits per heavy atom. The number of aliphatic hydroxyl groups excluding tert-OH is 1. The van der Waals surface area contributed by atoms with Crippen molar-refractivity contribution in [2.45, 2.75) is 63.3 Å². The Labute approximate surface area is 98.4 Å². The van der Waals surface area contributed by atoms with E-state index in [9.17, 15) is 5.11 Å². The third-order valence-corrected chi connectivity index (χ3v) is 4.83. The largest absolute Gasteiger partial charge is 0.393 e. The SMILES string of the molecule is CC1CN2CCCC2CN1C1CCC(O)C1. The van der Waals surface area contributed by atoms with Crippen molar-refractivity contribution in [3.63, 3.8) is 0 Å². The third-order valence-electron chi connectivity index (χ3n) is 4.83. The van der Waals surface area contributed by atoms with E-state index in [-0.39, 0.29) is 6.10 Å². The maximum absolute atomic E-state index is 9.67. The lowest BCUT2D eigenvalue weighted by Gasteiger charge is -2.45. The summed E-state index contributed by atoms with van der Waals surface area (Å²) in [6, 6.07) is 2.16. The third kappa shape index (κ3) is 1.89. The van der Waals surface area contributed by atoms with Crippen LogP contribution in [0.4, 0.5) is 0 Å². The highest BCUT2D eigenvalue weighted by Gasteiger charge is 2.39. The predicted octanol–water partition coefficient (Wildman–Crippen LogP) is 1.07. The van der Waals surface area contributed by atoms with E-state index in [4.69, 9.17) is 0 Å². The lowest BCUT2D eigenvalue weighted by atomic mass is 10.0. The van der Waals surface area contributed by atoms with Crippen LogP contribution in [-0.4, -0.2) is 58.8 Å². The van der Waals surface area contributed by atoms with Crippen molar-refractivity contribution in [2.24, 2.45) is 0 Å². The minimum Gasteiger partial charge on any atom is -0.393 e. The second-order valence-electron chi connectivity index (χ2n) is 5.96. The van der Waals surface area contributed by atoms with Crippen LogP contribution in [0.3, 0.4) is 0 Å². The van der Waals surface area contributed by atoms with Crippen LogP contribution in [0.2, 0.25) is 0 Å². The first kappa shape index (κ1) is 11.0. The molecule has 1 saturated carbocycles. The molecule has 3 nitrogen and oxygen atoms in total. The topological polar surface area (TPSA) is 26.7 Å². The fraction of sp³-hybridized carbons (Fsp3) is 1.00. The van der Waals surface area contributed by atoms with Crippen LogP contribution in [-0.2, 0) is 0 Å². The number of hydrogen-bond acceptors (Lipinski definition) is 3. The highest BCUT2D eigenvalue weighted by atomic mass is 16.3. The summed E-state index contributed by atoms with van der Waals surface area (Å²) in [6.07, 6.45) is 5.98. The van der Waals surface area contributed by atoms with E-state index >= 15 is 0 Å². The minimum absolute atomic E-state index is 0.0289. The predicted molar refractivity (Wildman–Crippen MR) is 64.4 cm³/mol. The zero-order valence-electron chi connectivity index (χ0n) is 10.3. The molecule has 2 saturated heterocycles. The number of hydrogen-bond donors (Lipinski definition) is 1. The fourth-order valence-electron chi connectivity index (χ4n) is 3.95. The Hall–Kier alpha value is -0.120. The molecule has 0 radical (unpaired) electrons. The molecule has 3 fully saturated rings. The van der Waals surface area contributed by atoms with Gasteiger partial charge < -0.3 is 5.11 Å². The van der Waals surface area contributed by atoms with Gasteiger partial charge in [-0.05, 0) is 45.6 Å². The molecule has 3 rings (SSSR count). The summed E-state index contributed by atoms with van der Waals surface area (Å²) in [7, 11) is 0. The monoisotopic (exact) mass is 224 g/mol. The lowest BCUT2D eigenvalue weighted by molar-refractivity contribution is 0.0255. The Morgan fingerprint density at radius 1 is 1.06 bits per heavy atom. The van der Waals surface area contributed by atoms with E-state index in [0.717, 1.165) is 18.9 Å². The number of nitrogens with zero attached hydrogens (tertiary/aromatic N) is 2. The van der Waals surface area contributed by atoms with Gasteiger partial charge in [-0.25, -0.2) is 0 Å². The van der Waals surface area contributed by atoms with E-state index in [1.54, 1.807) is 0 Å². The van der Waals surface area contributed by atoms with E-state index in [0.29, 0.717) is 12.1 Å². The van der Waals surface area contributed by atoms with E-state index < -0.39 is 0 Å². The summed E-state index contributed by atoms with van der Waals surface area (Å²) in [5, 5.41) is 9.67. The zero-order valence-corrected chi connectivity index (χ0v) is 10.3. The molecule has 1 N–H and O–H groups in total. The minimum atomic E-state index is -0.0289. The van der Waals surface area contributed by atoms with Crippen LogP contribution < -0.4 is 0 Å². The number of aliphatic hydroxyl groups is 1. The van der Waals surface area contributed by atoms with Gasteiger partial charge in [0.25, 0.3) is 0 Å². The molecule has 92 valence electrons. The molecule has 0 aromatic carbocycles. The Morgan fingerprint density at radius 2 is 1.94 bits per heavy atom. The number of rotatable bonds is 1. The molecule has 3 heteroatoms. The maximum Gasteiger partial charge on any atom is 0.0555 e. The second-order valence-corrected chi connectivity index (χ2v) is 5.96. The van der Waals surface area contributed by atoms with Gasteiger partial charge in [0.2, 0.25) is 0 Å². The molecule has 16 heavy (non-hydrogen) atoms. The molecule has 0 bridgehead atoms. The Balaban J connectivity index is 1.66. The van der Waals surface area contributed by atoms with Crippen LogP contribution in [0.15, 0.2) is 0 Å². The highest BCUT2D eigenvalue weighted by Crippen LogP contribution is 2.31. The lowest BCUT2D eigenvalue weighted by Crippen LogP contribution is -2.57. The molecule has 0 aromatic rings. The van der Waals surface area contributed by atoms with Gasteiger partial charge in [0.05, 0.1) is 6.10 Å². The van der Waals surface area contributed by atoms with Gasteiger partial charge >= 0.3 is 0 Å². The molecular formula is C13H24N2O. The molecular weight excluding hydrogens is 200 g/mol. The van der Waals surface area contributed by atoms with Crippen LogP contribution in [0.25, 0.3) is 0 Å². The summed E-state index contributed by atoms with van der Waals surface area (Å²) >= 11 is 0. The molecule has 0 spiro atoms. The first-order chi connectivity index (χ1) is 7.74. The van der Waals surface area contributed by atoms with E-state index in [1.165, 1.54) is 38.9 Å². The van der Waals surface area contributed by atoms with Crippen molar-refractivity contribution in [1.29, 1.82) is 0 Å². The summed E-state index contributed by atoms with van der Waals surface area (Å²) in [5.41, 5.74) is 0. The summed E-state index contributed by atoms with van der Waals surface area (Å²) in [6.45, 7) is 6.17. The van der Waals surface area contributed by atoms with Gasteiger partial charge in [0.1, 0.15) is 0 Å². The molecule has 0 aromatic heterocycles. The second kappa shape index (κ2) is 4.28. The smallest absolute Gasteiger partial charge is 0.0555 e. The quantitative estimate of drug-likeness (QED) is 0.722. The first-order valence-corrected chi connectivity index (χ1v) is 6.92. The van der Waals surface area contributed by atoms with Gasteiger partial charge in [-0.2, -0.15) is 0 Å². The fourth-order valence-corrected chi connectivity index (χ4v) is 3.95. The Bertz CT molecular complexity index is 258. The van der Waals surface area contributed by atoms with Crippen LogP contribution in [0.1, 0.15) is 39.0 Å².